The van der Waals surface area contributed by atoms with E-state index in [-0.39, 0.29) is 18.2 Å². The smallest absolute Gasteiger partial charge is 0.232 e. The van der Waals surface area contributed by atoms with Crippen LogP contribution in [0.3, 0.4) is 0 Å². The highest BCUT2D eigenvalue weighted by Crippen LogP contribution is 2.36. The number of carbonyl (C=O) groups is 2. The van der Waals surface area contributed by atoms with E-state index in [0.717, 1.165) is 38.5 Å². The number of piperidine rings is 2. The Bertz CT molecular complexity index is 441. The van der Waals surface area contributed by atoms with E-state index in [1.165, 1.54) is 32.1 Å². The van der Waals surface area contributed by atoms with Crippen molar-refractivity contribution in [1.29, 1.82) is 0 Å². The second-order valence-electron chi connectivity index (χ2n) is 8.35. The summed E-state index contributed by atoms with van der Waals surface area (Å²) in [7, 11) is 0. The number of likely N-dealkylation sites (tertiary alicyclic amines) is 2. The maximum absolute atomic E-state index is 12.6. The van der Waals surface area contributed by atoms with Crippen LogP contribution < -0.4 is 0 Å². The first-order valence-electron chi connectivity index (χ1n) is 9.58. The minimum atomic E-state index is 0.0409. The number of carbonyl (C=O) groups excluding carboxylic acids is 2. The first-order chi connectivity index (χ1) is 11.0. The molecule has 23 heavy (non-hydrogen) atoms. The summed E-state index contributed by atoms with van der Waals surface area (Å²) in [5, 5.41) is 0. The third-order valence-corrected chi connectivity index (χ3v) is 6.17. The van der Waals surface area contributed by atoms with Crippen LogP contribution in [0.15, 0.2) is 0 Å². The monoisotopic (exact) mass is 320 g/mol. The Morgan fingerprint density at radius 3 is 2.13 bits per heavy atom. The van der Waals surface area contributed by atoms with Crippen LogP contribution in [0, 0.1) is 23.7 Å². The van der Waals surface area contributed by atoms with Crippen LogP contribution in [0.1, 0.15) is 58.8 Å². The third kappa shape index (κ3) is 4.07. The van der Waals surface area contributed by atoms with Crippen molar-refractivity contribution in [3.8, 4) is 0 Å². The van der Waals surface area contributed by atoms with Gasteiger partial charge >= 0.3 is 0 Å². The Labute approximate surface area is 140 Å². The summed E-state index contributed by atoms with van der Waals surface area (Å²) in [5.41, 5.74) is 0. The van der Waals surface area contributed by atoms with Crippen molar-refractivity contribution in [1.82, 2.24) is 9.80 Å². The van der Waals surface area contributed by atoms with Gasteiger partial charge in [-0.3, -0.25) is 9.59 Å². The van der Waals surface area contributed by atoms with Crippen LogP contribution in [-0.2, 0) is 9.59 Å². The molecule has 3 aliphatic rings. The summed E-state index contributed by atoms with van der Waals surface area (Å²) in [6.45, 7) is 7.79. The van der Waals surface area contributed by atoms with E-state index in [1.807, 2.05) is 9.80 Å². The summed E-state index contributed by atoms with van der Waals surface area (Å²) < 4.78 is 0. The Balaban J connectivity index is 1.51. The SMILES string of the molecule is CC1CC(C)CN(C(=O)CC(=O)N2CCC3CCCCC3C2)C1. The highest BCUT2D eigenvalue weighted by molar-refractivity contribution is 5.97. The van der Waals surface area contributed by atoms with Gasteiger partial charge in [0.15, 0.2) is 0 Å². The van der Waals surface area contributed by atoms with E-state index in [9.17, 15) is 9.59 Å². The highest BCUT2D eigenvalue weighted by Gasteiger charge is 2.34. The van der Waals surface area contributed by atoms with Crippen molar-refractivity contribution < 1.29 is 9.59 Å². The van der Waals surface area contributed by atoms with Crippen molar-refractivity contribution in [2.24, 2.45) is 23.7 Å². The van der Waals surface area contributed by atoms with Gasteiger partial charge in [-0.2, -0.15) is 0 Å². The number of nitrogens with zero attached hydrogens (tertiary/aromatic N) is 2. The summed E-state index contributed by atoms with van der Waals surface area (Å²) in [6.07, 6.45) is 7.69. The molecule has 2 aliphatic heterocycles. The summed E-state index contributed by atoms with van der Waals surface area (Å²) in [6, 6.07) is 0. The van der Waals surface area contributed by atoms with Crippen LogP contribution in [0.25, 0.3) is 0 Å². The first-order valence-corrected chi connectivity index (χ1v) is 9.58. The van der Waals surface area contributed by atoms with Crippen molar-refractivity contribution in [3.63, 3.8) is 0 Å². The number of fused-ring (bicyclic) bond motifs is 1. The molecule has 0 bridgehead atoms. The number of hydrogen-bond acceptors (Lipinski definition) is 2. The van der Waals surface area contributed by atoms with Gasteiger partial charge in [-0.15, -0.1) is 0 Å². The molecule has 0 aromatic rings. The lowest BCUT2D eigenvalue weighted by atomic mass is 9.75. The van der Waals surface area contributed by atoms with Gasteiger partial charge in [-0.25, -0.2) is 0 Å². The lowest BCUT2D eigenvalue weighted by molar-refractivity contribution is -0.143. The fraction of sp³-hybridized carbons (Fsp3) is 0.895. The fourth-order valence-electron chi connectivity index (χ4n) is 5.05. The lowest BCUT2D eigenvalue weighted by Crippen LogP contribution is -2.48. The molecule has 1 saturated carbocycles. The Kier molecular flexibility index (Phi) is 5.27. The molecule has 0 spiro atoms. The molecule has 2 heterocycles. The van der Waals surface area contributed by atoms with Crippen molar-refractivity contribution in [2.45, 2.75) is 58.8 Å². The molecular formula is C19H32N2O2. The molecule has 1 aliphatic carbocycles. The van der Waals surface area contributed by atoms with Crippen molar-refractivity contribution >= 4 is 11.8 Å². The zero-order valence-electron chi connectivity index (χ0n) is 14.8. The van der Waals surface area contributed by atoms with Gasteiger partial charge in [0.1, 0.15) is 6.42 Å². The number of rotatable bonds is 2. The molecule has 4 atom stereocenters. The fourth-order valence-corrected chi connectivity index (χ4v) is 5.05. The average molecular weight is 320 g/mol. The molecule has 4 unspecified atom stereocenters. The molecule has 0 aromatic heterocycles. The molecule has 2 amide bonds. The molecule has 4 heteroatoms. The molecule has 3 rings (SSSR count). The zero-order chi connectivity index (χ0) is 16.4. The quantitative estimate of drug-likeness (QED) is 0.734. The maximum Gasteiger partial charge on any atom is 0.232 e. The average Bonchev–Trinajstić information content (AvgIpc) is 2.53. The summed E-state index contributed by atoms with van der Waals surface area (Å²) >= 11 is 0. The Morgan fingerprint density at radius 2 is 1.43 bits per heavy atom. The molecule has 0 aromatic carbocycles. The topological polar surface area (TPSA) is 40.6 Å². The summed E-state index contributed by atoms with van der Waals surface area (Å²) in [4.78, 5) is 29.0. The molecule has 2 saturated heterocycles. The highest BCUT2D eigenvalue weighted by atomic mass is 16.2. The predicted octanol–water partition coefficient (Wildman–Crippen LogP) is 2.92. The van der Waals surface area contributed by atoms with Gasteiger partial charge in [0.05, 0.1) is 0 Å². The van der Waals surface area contributed by atoms with Gasteiger partial charge in [0.25, 0.3) is 0 Å². The number of hydrogen-bond donors (Lipinski definition) is 0. The van der Waals surface area contributed by atoms with Gasteiger partial charge in [-0.1, -0.05) is 33.1 Å². The Morgan fingerprint density at radius 1 is 0.826 bits per heavy atom. The van der Waals surface area contributed by atoms with Crippen molar-refractivity contribution in [2.75, 3.05) is 26.2 Å². The normalized spacial score (nSPS) is 34.9. The molecular weight excluding hydrogens is 288 g/mol. The lowest BCUT2D eigenvalue weighted by Gasteiger charge is -2.41. The maximum atomic E-state index is 12.6. The van der Waals surface area contributed by atoms with Crippen molar-refractivity contribution in [3.05, 3.63) is 0 Å². The third-order valence-electron chi connectivity index (χ3n) is 6.17. The standard InChI is InChI=1S/C19H32N2O2/c1-14-9-15(2)12-21(11-14)19(23)10-18(22)20-8-7-16-5-3-4-6-17(16)13-20/h14-17H,3-13H2,1-2H3. The van der Waals surface area contributed by atoms with E-state index in [0.29, 0.717) is 17.8 Å². The van der Waals surface area contributed by atoms with Gasteiger partial charge in [0, 0.05) is 26.2 Å². The van der Waals surface area contributed by atoms with Crippen LogP contribution >= 0.6 is 0 Å². The molecule has 4 nitrogen and oxygen atoms in total. The second kappa shape index (κ2) is 7.23. The van der Waals surface area contributed by atoms with E-state index in [1.54, 1.807) is 0 Å². The largest absolute Gasteiger partial charge is 0.342 e. The molecule has 3 fully saturated rings. The minimum Gasteiger partial charge on any atom is -0.342 e. The predicted molar refractivity (Wildman–Crippen MR) is 90.8 cm³/mol. The van der Waals surface area contributed by atoms with E-state index >= 15 is 0 Å². The summed E-state index contributed by atoms with van der Waals surface area (Å²) in [5.74, 6) is 2.72. The van der Waals surface area contributed by atoms with Crippen LogP contribution in [0.4, 0.5) is 0 Å². The van der Waals surface area contributed by atoms with Crippen LogP contribution in [0.5, 0.6) is 0 Å². The zero-order valence-corrected chi connectivity index (χ0v) is 14.8. The van der Waals surface area contributed by atoms with Crippen LogP contribution in [0.2, 0.25) is 0 Å². The van der Waals surface area contributed by atoms with Crippen LogP contribution in [-0.4, -0.2) is 47.8 Å². The van der Waals surface area contributed by atoms with Gasteiger partial charge in [-0.05, 0) is 42.9 Å². The van der Waals surface area contributed by atoms with Gasteiger partial charge < -0.3 is 9.80 Å². The Hall–Kier alpha value is -1.06. The number of amides is 2. The van der Waals surface area contributed by atoms with E-state index in [2.05, 4.69) is 13.8 Å². The second-order valence-corrected chi connectivity index (χ2v) is 8.35. The van der Waals surface area contributed by atoms with E-state index in [4.69, 9.17) is 0 Å². The molecule has 0 N–H and O–H groups in total. The van der Waals surface area contributed by atoms with E-state index < -0.39 is 0 Å². The first kappa shape index (κ1) is 16.8. The molecule has 0 radical (unpaired) electrons. The molecule has 130 valence electrons. The van der Waals surface area contributed by atoms with Gasteiger partial charge in [0.2, 0.25) is 11.8 Å². The minimum absolute atomic E-state index is 0.0409.